The Hall–Kier alpha value is -4.11. The Kier molecular flexibility index (Phi) is 12.8. The SMILES string of the molecule is COc1ccc2c(O[C@@H]3C[C@H]4C(=O)C[C@]5(C(=O)NS(=O)(=O)C6CC6)C[C@H]5/C=C\CCCCC[C@H](Cc5cc(F)c(Cl)c(Cl)c5)C(=O)N4C3)nc(-c3nc(C(C)C)cs3)cc2c1C. The fourth-order valence-corrected chi connectivity index (χ4v) is 11.7. The molecule has 62 heavy (non-hydrogen) atoms. The molecule has 2 saturated carbocycles. The third kappa shape index (κ3) is 9.12. The van der Waals surface area contributed by atoms with Gasteiger partial charge in [-0.25, -0.2) is 22.8 Å². The zero-order valence-electron chi connectivity index (χ0n) is 35.2. The molecule has 2 aromatic heterocycles. The van der Waals surface area contributed by atoms with Crippen molar-refractivity contribution < 1.29 is 36.7 Å². The standard InChI is InChI=1S/C46H51Cl2FN4O7S2/c1-25(2)37-24-61-43(51-37)36-20-33-26(3)40(59-4)15-14-32(33)42(50-36)60-30-19-38-39(54)22-46(45(56)52-62(57,58)31-12-13-31)21-29(46)11-9-7-5-6-8-10-28(44(55)53(38)23-30)16-27-17-34(47)41(48)35(49)18-27/h9,11,14-15,17-18,20,24-25,28-31,38H,5-8,10,12-13,16,19,21-23H2,1-4H3,(H,52,56)/b11-9-/t28-,29-,30-,38+,46-/m1/s1. The van der Waals surface area contributed by atoms with E-state index in [9.17, 15) is 22.4 Å². The smallest absolute Gasteiger partial charge is 0.240 e. The van der Waals surface area contributed by atoms with E-state index in [2.05, 4.69) is 18.6 Å². The Labute approximate surface area is 375 Å². The fourth-order valence-electron chi connectivity index (χ4n) is 9.00. The van der Waals surface area contributed by atoms with Crippen LogP contribution in [0.3, 0.4) is 0 Å². The van der Waals surface area contributed by atoms with Crippen LogP contribution >= 0.6 is 34.5 Å². The predicted molar refractivity (Wildman–Crippen MR) is 239 cm³/mol. The van der Waals surface area contributed by atoms with Crippen molar-refractivity contribution in [3.05, 3.63) is 80.5 Å². The van der Waals surface area contributed by atoms with E-state index in [4.69, 9.17) is 42.6 Å². The topological polar surface area (TPSA) is 145 Å². The van der Waals surface area contributed by atoms with Gasteiger partial charge in [0.2, 0.25) is 27.7 Å². The second-order valence-electron chi connectivity index (χ2n) is 17.6. The van der Waals surface area contributed by atoms with Crippen molar-refractivity contribution in [2.24, 2.45) is 17.3 Å². The summed E-state index contributed by atoms with van der Waals surface area (Å²) in [6.45, 7) is 6.15. The second kappa shape index (κ2) is 17.8. The molecule has 0 radical (unpaired) electrons. The number of methoxy groups -OCH3 is 1. The third-order valence-corrected chi connectivity index (χ3v) is 16.4. The molecule has 5 atom stereocenters. The van der Waals surface area contributed by atoms with Gasteiger partial charge in [-0.15, -0.1) is 11.3 Å². The van der Waals surface area contributed by atoms with Gasteiger partial charge in [0.25, 0.3) is 0 Å². The Morgan fingerprint density at radius 1 is 1.08 bits per heavy atom. The number of thiazole rings is 1. The molecule has 0 bridgehead atoms. The van der Waals surface area contributed by atoms with Gasteiger partial charge in [-0.1, -0.05) is 62.0 Å². The maximum Gasteiger partial charge on any atom is 0.240 e. The molecule has 1 N–H and O–H groups in total. The van der Waals surface area contributed by atoms with Gasteiger partial charge in [-0.2, -0.15) is 0 Å². The number of ether oxygens (including phenoxy) is 2. The zero-order valence-corrected chi connectivity index (χ0v) is 38.4. The average molecular weight is 926 g/mol. The summed E-state index contributed by atoms with van der Waals surface area (Å²) in [5, 5.41) is 3.53. The van der Waals surface area contributed by atoms with Crippen LogP contribution in [0.5, 0.6) is 11.6 Å². The minimum atomic E-state index is -3.88. The number of amides is 2. The van der Waals surface area contributed by atoms with Gasteiger partial charge in [0, 0.05) is 29.5 Å². The van der Waals surface area contributed by atoms with E-state index in [1.807, 2.05) is 42.7 Å². The first kappa shape index (κ1) is 44.5. The van der Waals surface area contributed by atoms with Crippen molar-refractivity contribution >= 4 is 72.9 Å². The number of hydrogen-bond acceptors (Lipinski definition) is 10. The van der Waals surface area contributed by atoms with Crippen molar-refractivity contribution in [1.82, 2.24) is 19.6 Å². The Bertz CT molecular complexity index is 2540. The maximum atomic E-state index is 15.0. The second-order valence-corrected chi connectivity index (χ2v) is 21.2. The lowest BCUT2D eigenvalue weighted by Gasteiger charge is -2.29. The molecule has 4 aromatic rings. The highest BCUT2D eigenvalue weighted by molar-refractivity contribution is 7.90. The quantitative estimate of drug-likeness (QED) is 0.121. The van der Waals surface area contributed by atoms with Crippen LogP contribution in [0.15, 0.2) is 47.9 Å². The number of benzene rings is 2. The monoisotopic (exact) mass is 924 g/mol. The molecule has 11 nitrogen and oxygen atoms in total. The predicted octanol–water partition coefficient (Wildman–Crippen LogP) is 9.55. The lowest BCUT2D eigenvalue weighted by atomic mass is 9.90. The van der Waals surface area contributed by atoms with E-state index in [1.54, 1.807) is 18.1 Å². The summed E-state index contributed by atoms with van der Waals surface area (Å²) in [6.07, 6.45) is 8.08. The van der Waals surface area contributed by atoms with Crippen molar-refractivity contribution in [1.29, 1.82) is 0 Å². The van der Waals surface area contributed by atoms with Gasteiger partial charge >= 0.3 is 0 Å². The summed E-state index contributed by atoms with van der Waals surface area (Å²) in [6, 6.07) is 7.56. The van der Waals surface area contributed by atoms with E-state index >= 15 is 4.79 Å². The number of sulfonamides is 1. The fraction of sp³-hybridized carbons (Fsp3) is 0.500. The number of Topliss-reactive ketones (excluding diaryl/α,β-unsaturated/α-hetero) is 1. The number of nitrogens with zero attached hydrogens (tertiary/aromatic N) is 3. The number of rotatable bonds is 10. The number of halogens is 3. The Balaban J connectivity index is 1.16. The highest BCUT2D eigenvalue weighted by atomic mass is 35.5. The van der Waals surface area contributed by atoms with Gasteiger partial charge in [0.1, 0.15) is 28.4 Å². The minimum absolute atomic E-state index is 0.0390. The van der Waals surface area contributed by atoms with Crippen molar-refractivity contribution in [2.75, 3.05) is 13.7 Å². The molecule has 2 amide bonds. The number of aromatic nitrogens is 2. The van der Waals surface area contributed by atoms with Gasteiger partial charge in [0.15, 0.2) is 5.78 Å². The molecule has 2 aromatic carbocycles. The summed E-state index contributed by atoms with van der Waals surface area (Å²) in [7, 11) is -2.27. The molecule has 2 aliphatic heterocycles. The van der Waals surface area contributed by atoms with E-state index in [0.717, 1.165) is 41.3 Å². The largest absolute Gasteiger partial charge is 0.496 e. The number of nitrogens with one attached hydrogen (secondary N) is 1. The number of hydrogen-bond donors (Lipinski definition) is 1. The highest BCUT2D eigenvalue weighted by Crippen LogP contribution is 2.57. The van der Waals surface area contributed by atoms with Crippen LogP contribution in [0.4, 0.5) is 4.39 Å². The summed E-state index contributed by atoms with van der Waals surface area (Å²) in [5.41, 5.74) is 1.66. The van der Waals surface area contributed by atoms with Gasteiger partial charge in [-0.05, 0) is 111 Å². The molecule has 330 valence electrons. The number of allylic oxidation sites excluding steroid dienone is 2. The van der Waals surface area contributed by atoms with Crippen molar-refractivity contribution in [3.63, 3.8) is 0 Å². The molecular weight excluding hydrogens is 875 g/mol. The Morgan fingerprint density at radius 3 is 2.58 bits per heavy atom. The Morgan fingerprint density at radius 2 is 1.87 bits per heavy atom. The van der Waals surface area contributed by atoms with Crippen LogP contribution < -0.4 is 14.2 Å². The normalized spacial score (nSPS) is 25.2. The molecular formula is C46H51Cl2FN4O7S2. The minimum Gasteiger partial charge on any atom is -0.496 e. The molecule has 8 rings (SSSR count). The summed E-state index contributed by atoms with van der Waals surface area (Å²) >= 11 is 13.8. The van der Waals surface area contributed by atoms with Gasteiger partial charge in [-0.3, -0.25) is 19.1 Å². The molecule has 4 heterocycles. The molecule has 2 aliphatic carbocycles. The molecule has 0 unspecified atom stereocenters. The number of fused-ring (bicyclic) bond motifs is 3. The first-order valence-corrected chi connectivity index (χ1v) is 24.6. The summed E-state index contributed by atoms with van der Waals surface area (Å²) < 4.78 is 55.7. The van der Waals surface area contributed by atoms with Crippen LogP contribution in [0.2, 0.25) is 10.0 Å². The van der Waals surface area contributed by atoms with Crippen LogP contribution in [0, 0.1) is 30.0 Å². The number of carbonyl (C=O) groups excluding carboxylic acids is 3. The number of ketones is 1. The average Bonchev–Trinajstić information content (AvgIpc) is 4.11. The van der Waals surface area contributed by atoms with E-state index in [0.29, 0.717) is 60.0 Å². The molecule has 1 saturated heterocycles. The lowest BCUT2D eigenvalue weighted by Crippen LogP contribution is -2.46. The molecule has 4 aliphatic rings. The summed E-state index contributed by atoms with van der Waals surface area (Å²) in [4.78, 5) is 55.2. The number of carbonyl (C=O) groups is 3. The summed E-state index contributed by atoms with van der Waals surface area (Å²) in [5.74, 6) is -1.78. The van der Waals surface area contributed by atoms with Crippen LogP contribution in [0.25, 0.3) is 21.5 Å². The number of pyridine rings is 1. The van der Waals surface area contributed by atoms with Crippen LogP contribution in [-0.2, 0) is 30.8 Å². The molecule has 0 spiro atoms. The lowest BCUT2D eigenvalue weighted by molar-refractivity contribution is -0.142. The van der Waals surface area contributed by atoms with Crippen molar-refractivity contribution in [2.45, 2.75) is 115 Å². The van der Waals surface area contributed by atoms with E-state index < -0.39 is 50.5 Å². The first-order valence-electron chi connectivity index (χ1n) is 21.4. The highest BCUT2D eigenvalue weighted by Gasteiger charge is 2.61. The van der Waals surface area contributed by atoms with E-state index in [-0.39, 0.29) is 59.4 Å². The van der Waals surface area contributed by atoms with Crippen LogP contribution in [0.1, 0.15) is 101 Å². The van der Waals surface area contributed by atoms with Crippen LogP contribution in [-0.4, -0.2) is 71.9 Å². The third-order valence-electron chi connectivity index (χ3n) is 12.9. The van der Waals surface area contributed by atoms with Gasteiger partial charge < -0.3 is 14.4 Å². The van der Waals surface area contributed by atoms with E-state index in [1.165, 1.54) is 17.4 Å². The molecule has 3 fully saturated rings. The molecule has 16 heteroatoms. The zero-order chi connectivity index (χ0) is 44.1. The van der Waals surface area contributed by atoms with Gasteiger partial charge in [0.05, 0.1) is 46.1 Å². The number of aryl methyl sites for hydroxylation is 1. The first-order chi connectivity index (χ1) is 29.6. The van der Waals surface area contributed by atoms with Crippen molar-refractivity contribution in [3.8, 4) is 22.3 Å². The maximum absolute atomic E-state index is 15.0.